The van der Waals surface area contributed by atoms with Gasteiger partial charge in [0, 0.05) is 44.0 Å². The van der Waals surface area contributed by atoms with Crippen LogP contribution in [0, 0.1) is 19.8 Å². The number of carbonyl (C=O) groups is 2. The maximum absolute atomic E-state index is 12.4. The highest BCUT2D eigenvalue weighted by molar-refractivity contribution is 5.93. The van der Waals surface area contributed by atoms with Crippen molar-refractivity contribution in [2.24, 2.45) is 5.92 Å². The molecule has 2 rings (SSSR count). The molecular formula is C21H30N4O2. The van der Waals surface area contributed by atoms with Crippen molar-refractivity contribution < 1.29 is 9.59 Å². The zero-order valence-electron chi connectivity index (χ0n) is 17.2. The van der Waals surface area contributed by atoms with E-state index >= 15 is 0 Å². The van der Waals surface area contributed by atoms with Gasteiger partial charge in [-0.15, -0.1) is 0 Å². The quantitative estimate of drug-likeness (QED) is 0.815. The largest absolute Gasteiger partial charge is 0.352 e. The Morgan fingerprint density at radius 3 is 2.33 bits per heavy atom. The molecular weight excluding hydrogens is 340 g/mol. The van der Waals surface area contributed by atoms with Crippen LogP contribution in [0.5, 0.6) is 0 Å². The van der Waals surface area contributed by atoms with Crippen LogP contribution in [0.4, 0.5) is 0 Å². The molecule has 1 aromatic heterocycles. The summed E-state index contributed by atoms with van der Waals surface area (Å²) in [4.78, 5) is 25.8. The molecule has 0 aliphatic carbocycles. The number of hydrogen-bond donors (Lipinski definition) is 1. The molecule has 0 aliphatic heterocycles. The van der Waals surface area contributed by atoms with Gasteiger partial charge in [0.05, 0.1) is 12.1 Å². The van der Waals surface area contributed by atoms with Gasteiger partial charge in [-0.25, -0.2) is 0 Å². The predicted molar refractivity (Wildman–Crippen MR) is 107 cm³/mol. The van der Waals surface area contributed by atoms with Crippen LogP contribution in [-0.4, -0.2) is 40.6 Å². The summed E-state index contributed by atoms with van der Waals surface area (Å²) < 4.78 is 1.99. The maximum Gasteiger partial charge on any atom is 0.253 e. The fourth-order valence-electron chi connectivity index (χ4n) is 2.96. The summed E-state index contributed by atoms with van der Waals surface area (Å²) in [6.07, 6.45) is 0.326. The third kappa shape index (κ3) is 5.42. The van der Waals surface area contributed by atoms with Crippen LogP contribution in [-0.2, 0) is 24.3 Å². The van der Waals surface area contributed by atoms with Gasteiger partial charge >= 0.3 is 0 Å². The average molecular weight is 370 g/mol. The molecule has 1 N–H and O–H groups in total. The number of rotatable bonds is 7. The first-order valence-corrected chi connectivity index (χ1v) is 9.29. The zero-order chi connectivity index (χ0) is 20.1. The van der Waals surface area contributed by atoms with Crippen LogP contribution in [0.3, 0.4) is 0 Å². The highest BCUT2D eigenvalue weighted by Gasteiger charge is 2.15. The zero-order valence-corrected chi connectivity index (χ0v) is 17.2. The van der Waals surface area contributed by atoms with Crippen molar-refractivity contribution >= 4 is 11.8 Å². The first-order valence-electron chi connectivity index (χ1n) is 9.29. The van der Waals surface area contributed by atoms with Crippen molar-refractivity contribution in [2.45, 2.75) is 47.2 Å². The molecule has 2 aromatic rings. The normalized spacial score (nSPS) is 10.9. The van der Waals surface area contributed by atoms with Gasteiger partial charge in [-0.2, -0.15) is 5.10 Å². The number of hydrogen-bond acceptors (Lipinski definition) is 3. The van der Waals surface area contributed by atoms with Crippen LogP contribution < -0.4 is 5.32 Å². The van der Waals surface area contributed by atoms with Crippen LogP contribution in [0.15, 0.2) is 24.3 Å². The van der Waals surface area contributed by atoms with Crippen molar-refractivity contribution in [2.75, 3.05) is 14.1 Å². The lowest BCUT2D eigenvalue weighted by atomic mass is 10.1. The SMILES string of the molecule is Cc1nn(CC(C)C)c(C)c1CC(=O)NCc1ccc(C(=O)N(C)C)cc1. The Kier molecular flexibility index (Phi) is 6.77. The van der Waals surface area contributed by atoms with Crippen LogP contribution >= 0.6 is 0 Å². The molecule has 1 aromatic carbocycles. The highest BCUT2D eigenvalue weighted by atomic mass is 16.2. The van der Waals surface area contributed by atoms with E-state index in [0.29, 0.717) is 24.4 Å². The Bertz CT molecular complexity index is 804. The van der Waals surface area contributed by atoms with E-state index in [2.05, 4.69) is 24.3 Å². The number of benzene rings is 1. The lowest BCUT2D eigenvalue weighted by molar-refractivity contribution is -0.120. The van der Waals surface area contributed by atoms with Gasteiger partial charge in [0.1, 0.15) is 0 Å². The van der Waals surface area contributed by atoms with Gasteiger partial charge in [-0.1, -0.05) is 26.0 Å². The molecule has 0 saturated carbocycles. The smallest absolute Gasteiger partial charge is 0.253 e. The lowest BCUT2D eigenvalue weighted by Gasteiger charge is -2.11. The van der Waals surface area contributed by atoms with Crippen molar-refractivity contribution in [3.05, 3.63) is 52.3 Å². The van der Waals surface area contributed by atoms with E-state index in [9.17, 15) is 9.59 Å². The first kappa shape index (κ1) is 20.7. The minimum absolute atomic E-state index is 0.0289. The molecule has 27 heavy (non-hydrogen) atoms. The summed E-state index contributed by atoms with van der Waals surface area (Å²) >= 11 is 0. The fourth-order valence-corrected chi connectivity index (χ4v) is 2.96. The monoisotopic (exact) mass is 370 g/mol. The molecule has 1 heterocycles. The lowest BCUT2D eigenvalue weighted by Crippen LogP contribution is -2.25. The van der Waals surface area contributed by atoms with E-state index in [1.807, 2.05) is 30.7 Å². The van der Waals surface area contributed by atoms with Gasteiger partial charge in [-0.05, 0) is 37.5 Å². The molecule has 146 valence electrons. The third-order valence-corrected chi connectivity index (χ3v) is 4.50. The van der Waals surface area contributed by atoms with E-state index in [0.717, 1.165) is 29.1 Å². The Balaban J connectivity index is 1.95. The van der Waals surface area contributed by atoms with E-state index in [1.165, 1.54) is 0 Å². The van der Waals surface area contributed by atoms with E-state index < -0.39 is 0 Å². The first-order chi connectivity index (χ1) is 12.7. The third-order valence-electron chi connectivity index (χ3n) is 4.50. The van der Waals surface area contributed by atoms with E-state index in [4.69, 9.17) is 0 Å². The standard InChI is InChI=1S/C21H30N4O2/c1-14(2)13-25-16(4)19(15(3)23-25)11-20(26)22-12-17-7-9-18(10-8-17)21(27)24(5)6/h7-10,14H,11-13H2,1-6H3,(H,22,26). The molecule has 0 radical (unpaired) electrons. The highest BCUT2D eigenvalue weighted by Crippen LogP contribution is 2.15. The minimum Gasteiger partial charge on any atom is -0.352 e. The van der Waals surface area contributed by atoms with Gasteiger partial charge in [-0.3, -0.25) is 14.3 Å². The maximum atomic E-state index is 12.4. The van der Waals surface area contributed by atoms with Gasteiger partial charge in [0.25, 0.3) is 5.91 Å². The van der Waals surface area contributed by atoms with Crippen molar-refractivity contribution in [3.63, 3.8) is 0 Å². The number of nitrogens with one attached hydrogen (secondary N) is 1. The van der Waals surface area contributed by atoms with Crippen LogP contribution in [0.1, 0.15) is 46.7 Å². The molecule has 0 aliphatic rings. The number of aromatic nitrogens is 2. The second kappa shape index (κ2) is 8.84. The summed E-state index contributed by atoms with van der Waals surface area (Å²) in [6, 6.07) is 7.31. The molecule has 6 nitrogen and oxygen atoms in total. The van der Waals surface area contributed by atoms with E-state index in [-0.39, 0.29) is 11.8 Å². The summed E-state index contributed by atoms with van der Waals surface area (Å²) in [7, 11) is 3.45. The van der Waals surface area contributed by atoms with Gasteiger partial charge in [0.15, 0.2) is 0 Å². The molecule has 0 atom stereocenters. The Morgan fingerprint density at radius 1 is 1.15 bits per heavy atom. The van der Waals surface area contributed by atoms with Crippen LogP contribution in [0.2, 0.25) is 0 Å². The van der Waals surface area contributed by atoms with Crippen LogP contribution in [0.25, 0.3) is 0 Å². The summed E-state index contributed by atoms with van der Waals surface area (Å²) in [5, 5.41) is 7.51. The van der Waals surface area contributed by atoms with Gasteiger partial charge < -0.3 is 10.2 Å². The number of nitrogens with zero attached hydrogens (tertiary/aromatic N) is 3. The predicted octanol–water partition coefficient (Wildman–Crippen LogP) is 2.72. The topological polar surface area (TPSA) is 67.2 Å². The van der Waals surface area contributed by atoms with Crippen molar-refractivity contribution in [3.8, 4) is 0 Å². The molecule has 0 bridgehead atoms. The summed E-state index contributed by atoms with van der Waals surface area (Å²) in [5.74, 6) is 0.445. The molecule has 0 spiro atoms. The van der Waals surface area contributed by atoms with Crippen molar-refractivity contribution in [1.29, 1.82) is 0 Å². The number of aryl methyl sites for hydroxylation is 1. The second-order valence-electron chi connectivity index (χ2n) is 7.58. The summed E-state index contributed by atoms with van der Waals surface area (Å²) in [5.41, 5.74) is 4.57. The Labute approximate surface area is 161 Å². The van der Waals surface area contributed by atoms with E-state index in [1.54, 1.807) is 31.1 Å². The minimum atomic E-state index is -0.0325. The molecule has 0 fully saturated rings. The Morgan fingerprint density at radius 2 is 1.78 bits per heavy atom. The van der Waals surface area contributed by atoms with Crippen molar-refractivity contribution in [1.82, 2.24) is 20.0 Å². The Hall–Kier alpha value is -2.63. The number of carbonyl (C=O) groups excluding carboxylic acids is 2. The number of amides is 2. The second-order valence-corrected chi connectivity index (χ2v) is 7.58. The fraction of sp³-hybridized carbons (Fsp3) is 0.476. The average Bonchev–Trinajstić information content (AvgIpc) is 2.86. The van der Waals surface area contributed by atoms with Gasteiger partial charge in [0.2, 0.25) is 5.91 Å². The molecule has 0 saturated heterocycles. The summed E-state index contributed by atoms with van der Waals surface area (Å²) in [6.45, 7) is 9.57. The molecule has 0 unspecified atom stereocenters. The molecule has 6 heteroatoms. The molecule has 2 amide bonds.